The lowest BCUT2D eigenvalue weighted by Crippen LogP contribution is -2.33. The smallest absolute Gasteiger partial charge is 0.310 e. The average Bonchev–Trinajstić information content (AvgIpc) is 2.73. The summed E-state index contributed by atoms with van der Waals surface area (Å²) in [6.45, 7) is 5.52. The SMILES string of the molecule is CC1CCN(Cc2ccccc2CNC(=O)COc2ccccc2[N+](=O)[O-])CC1. The maximum atomic E-state index is 12.2. The highest BCUT2D eigenvalue weighted by Crippen LogP contribution is 2.25. The zero-order valence-electron chi connectivity index (χ0n) is 16.7. The van der Waals surface area contributed by atoms with E-state index in [0.29, 0.717) is 6.54 Å². The van der Waals surface area contributed by atoms with Crippen LogP contribution in [0, 0.1) is 16.0 Å². The molecular formula is C22H27N3O4. The molecule has 0 radical (unpaired) electrons. The van der Waals surface area contributed by atoms with E-state index in [1.54, 1.807) is 12.1 Å². The van der Waals surface area contributed by atoms with Crippen molar-refractivity contribution in [2.45, 2.75) is 32.9 Å². The molecule has 1 aliphatic rings. The first-order valence-corrected chi connectivity index (χ1v) is 9.95. The Bertz CT molecular complexity index is 847. The molecule has 0 aliphatic carbocycles. The van der Waals surface area contributed by atoms with E-state index >= 15 is 0 Å². The Balaban J connectivity index is 1.52. The Kier molecular flexibility index (Phi) is 7.19. The molecule has 7 nitrogen and oxygen atoms in total. The molecule has 0 saturated carbocycles. The van der Waals surface area contributed by atoms with Gasteiger partial charge < -0.3 is 10.1 Å². The number of nitro benzene ring substituents is 1. The Labute approximate surface area is 170 Å². The molecule has 0 spiro atoms. The van der Waals surface area contributed by atoms with Gasteiger partial charge in [-0.25, -0.2) is 0 Å². The maximum absolute atomic E-state index is 12.2. The van der Waals surface area contributed by atoms with E-state index in [-0.39, 0.29) is 24.0 Å². The summed E-state index contributed by atoms with van der Waals surface area (Å²) in [4.78, 5) is 25.1. The van der Waals surface area contributed by atoms with Crippen molar-refractivity contribution in [1.82, 2.24) is 10.2 Å². The van der Waals surface area contributed by atoms with Crippen LogP contribution in [-0.2, 0) is 17.9 Å². The highest BCUT2D eigenvalue weighted by molar-refractivity contribution is 5.77. The van der Waals surface area contributed by atoms with Crippen LogP contribution in [0.2, 0.25) is 0 Å². The standard InChI is InChI=1S/C22H27N3O4/c1-17-10-12-24(13-11-17)15-19-7-3-2-6-18(19)14-23-22(26)16-29-21-9-5-4-8-20(21)25(27)28/h2-9,17H,10-16H2,1H3,(H,23,26). The van der Waals surface area contributed by atoms with Crippen LogP contribution in [0.1, 0.15) is 30.9 Å². The summed E-state index contributed by atoms with van der Waals surface area (Å²) in [7, 11) is 0. The fourth-order valence-corrected chi connectivity index (χ4v) is 3.46. The van der Waals surface area contributed by atoms with Crippen molar-refractivity contribution in [3.8, 4) is 5.75 Å². The molecule has 2 aromatic rings. The number of benzene rings is 2. The molecule has 0 atom stereocenters. The second-order valence-corrected chi connectivity index (χ2v) is 7.52. The minimum Gasteiger partial charge on any atom is -0.477 e. The lowest BCUT2D eigenvalue weighted by molar-refractivity contribution is -0.385. The first-order chi connectivity index (χ1) is 14.0. The number of carbonyl (C=O) groups is 1. The van der Waals surface area contributed by atoms with E-state index in [2.05, 4.69) is 23.2 Å². The van der Waals surface area contributed by atoms with E-state index in [0.717, 1.165) is 31.1 Å². The zero-order valence-corrected chi connectivity index (χ0v) is 16.7. The predicted octanol–water partition coefficient (Wildman–Crippen LogP) is 3.52. The molecule has 0 aromatic heterocycles. The van der Waals surface area contributed by atoms with Gasteiger partial charge in [0.25, 0.3) is 5.91 Å². The molecule has 1 fully saturated rings. The summed E-state index contributed by atoms with van der Waals surface area (Å²) in [5.41, 5.74) is 2.13. The van der Waals surface area contributed by atoms with Crippen molar-refractivity contribution >= 4 is 11.6 Å². The molecule has 1 N–H and O–H groups in total. The third kappa shape index (κ3) is 6.02. The molecule has 3 rings (SSSR count). The Hall–Kier alpha value is -2.93. The number of amides is 1. The van der Waals surface area contributed by atoms with Crippen LogP contribution in [0.4, 0.5) is 5.69 Å². The number of nitrogens with one attached hydrogen (secondary N) is 1. The van der Waals surface area contributed by atoms with Gasteiger partial charge in [0.05, 0.1) is 4.92 Å². The van der Waals surface area contributed by atoms with Gasteiger partial charge in [-0.05, 0) is 49.0 Å². The first kappa shape index (κ1) is 20.8. The topological polar surface area (TPSA) is 84.7 Å². The predicted molar refractivity (Wildman–Crippen MR) is 111 cm³/mol. The molecule has 1 saturated heterocycles. The molecule has 29 heavy (non-hydrogen) atoms. The number of hydrogen-bond donors (Lipinski definition) is 1. The number of ether oxygens (including phenoxy) is 1. The highest BCUT2D eigenvalue weighted by atomic mass is 16.6. The molecule has 2 aromatic carbocycles. The summed E-state index contributed by atoms with van der Waals surface area (Å²) in [5.74, 6) is 0.568. The quantitative estimate of drug-likeness (QED) is 0.544. The average molecular weight is 397 g/mol. The van der Waals surface area contributed by atoms with Crippen LogP contribution in [0.25, 0.3) is 0 Å². The zero-order chi connectivity index (χ0) is 20.6. The summed E-state index contributed by atoms with van der Waals surface area (Å²) in [5, 5.41) is 13.9. The second kappa shape index (κ2) is 10.0. The van der Waals surface area contributed by atoms with Crippen LogP contribution in [0.5, 0.6) is 5.75 Å². The fraction of sp³-hybridized carbons (Fsp3) is 0.409. The minimum absolute atomic E-state index is 0.0902. The molecule has 0 bridgehead atoms. The van der Waals surface area contributed by atoms with E-state index in [9.17, 15) is 14.9 Å². The molecule has 7 heteroatoms. The number of carbonyl (C=O) groups excluding carboxylic acids is 1. The van der Waals surface area contributed by atoms with Crippen LogP contribution in [-0.4, -0.2) is 35.4 Å². The van der Waals surface area contributed by atoms with Crippen LogP contribution in [0.3, 0.4) is 0 Å². The van der Waals surface area contributed by atoms with Gasteiger partial charge in [0.2, 0.25) is 0 Å². The molecule has 154 valence electrons. The number of nitro groups is 1. The van der Waals surface area contributed by atoms with Crippen molar-refractivity contribution in [2.75, 3.05) is 19.7 Å². The molecule has 1 amide bonds. The molecule has 1 heterocycles. The minimum atomic E-state index is -0.523. The second-order valence-electron chi connectivity index (χ2n) is 7.52. The third-order valence-electron chi connectivity index (χ3n) is 5.29. The maximum Gasteiger partial charge on any atom is 0.310 e. The number of nitrogens with zero attached hydrogens (tertiary/aromatic N) is 2. The number of likely N-dealkylation sites (tertiary alicyclic amines) is 1. The lowest BCUT2D eigenvalue weighted by Gasteiger charge is -2.30. The Morgan fingerprint density at radius 3 is 2.52 bits per heavy atom. The van der Waals surface area contributed by atoms with Gasteiger partial charge >= 0.3 is 5.69 Å². The van der Waals surface area contributed by atoms with Gasteiger partial charge in [-0.1, -0.05) is 43.3 Å². The van der Waals surface area contributed by atoms with Crippen molar-refractivity contribution in [1.29, 1.82) is 0 Å². The summed E-state index contributed by atoms with van der Waals surface area (Å²) in [6.07, 6.45) is 2.45. The molecular weight excluding hydrogens is 370 g/mol. The van der Waals surface area contributed by atoms with Gasteiger partial charge in [-0.3, -0.25) is 19.8 Å². The summed E-state index contributed by atoms with van der Waals surface area (Å²) < 4.78 is 5.35. The van der Waals surface area contributed by atoms with Gasteiger partial charge in [0.15, 0.2) is 12.4 Å². The first-order valence-electron chi connectivity index (χ1n) is 9.95. The fourth-order valence-electron chi connectivity index (χ4n) is 3.46. The van der Waals surface area contributed by atoms with E-state index < -0.39 is 4.92 Å². The van der Waals surface area contributed by atoms with Gasteiger partial charge in [-0.15, -0.1) is 0 Å². The van der Waals surface area contributed by atoms with E-state index in [1.165, 1.54) is 30.5 Å². The summed E-state index contributed by atoms with van der Waals surface area (Å²) >= 11 is 0. The molecule has 0 unspecified atom stereocenters. The third-order valence-corrected chi connectivity index (χ3v) is 5.29. The van der Waals surface area contributed by atoms with Crippen LogP contribution >= 0.6 is 0 Å². The lowest BCUT2D eigenvalue weighted by atomic mass is 9.98. The van der Waals surface area contributed by atoms with E-state index in [4.69, 9.17) is 4.74 Å². The summed E-state index contributed by atoms with van der Waals surface area (Å²) in [6, 6.07) is 14.1. The van der Waals surface area contributed by atoms with Gasteiger partial charge in [0, 0.05) is 19.2 Å². The molecule has 1 aliphatic heterocycles. The van der Waals surface area contributed by atoms with Crippen molar-refractivity contribution in [2.24, 2.45) is 5.92 Å². The Morgan fingerprint density at radius 2 is 1.79 bits per heavy atom. The van der Waals surface area contributed by atoms with Crippen LogP contribution in [0.15, 0.2) is 48.5 Å². The normalized spacial score (nSPS) is 15.1. The van der Waals surface area contributed by atoms with Gasteiger partial charge in [-0.2, -0.15) is 0 Å². The number of para-hydroxylation sites is 2. The van der Waals surface area contributed by atoms with E-state index in [1.807, 2.05) is 18.2 Å². The number of rotatable bonds is 8. The van der Waals surface area contributed by atoms with Gasteiger partial charge in [0.1, 0.15) is 0 Å². The number of piperidine rings is 1. The highest BCUT2D eigenvalue weighted by Gasteiger charge is 2.17. The Morgan fingerprint density at radius 1 is 1.14 bits per heavy atom. The van der Waals surface area contributed by atoms with Crippen molar-refractivity contribution in [3.63, 3.8) is 0 Å². The number of hydrogen-bond acceptors (Lipinski definition) is 5. The van der Waals surface area contributed by atoms with Crippen molar-refractivity contribution < 1.29 is 14.5 Å². The van der Waals surface area contributed by atoms with Crippen molar-refractivity contribution in [3.05, 3.63) is 69.8 Å². The van der Waals surface area contributed by atoms with Crippen LogP contribution < -0.4 is 10.1 Å². The largest absolute Gasteiger partial charge is 0.477 e. The monoisotopic (exact) mass is 397 g/mol.